The van der Waals surface area contributed by atoms with Gasteiger partial charge in [-0.05, 0) is 38.2 Å². The largest absolute Gasteiger partial charge is 0.466 e. The van der Waals surface area contributed by atoms with Crippen molar-refractivity contribution >= 4 is 35.2 Å². The normalized spacial score (nSPS) is 14.0. The molecule has 0 N–H and O–H groups in total. The highest BCUT2D eigenvalue weighted by atomic mass is 32.2. The van der Waals surface area contributed by atoms with Crippen LogP contribution in [-0.2, 0) is 16.0 Å². The molecular formula is C23H29N7O3S. The van der Waals surface area contributed by atoms with Crippen molar-refractivity contribution in [3.63, 3.8) is 0 Å². The minimum Gasteiger partial charge on any atom is -0.466 e. The van der Waals surface area contributed by atoms with E-state index < -0.39 is 0 Å². The van der Waals surface area contributed by atoms with Crippen molar-refractivity contribution in [2.75, 3.05) is 43.4 Å². The average molecular weight is 484 g/mol. The number of pyridine rings is 1. The number of carbonyl (C=O) groups excluding carboxylic acids is 2. The van der Waals surface area contributed by atoms with Crippen LogP contribution in [-0.4, -0.2) is 79.9 Å². The molecule has 3 aromatic rings. The maximum atomic E-state index is 13.3. The number of nitrogens with zero attached hydrogens (tertiary/aromatic N) is 7. The molecule has 0 radical (unpaired) electrons. The highest BCUT2D eigenvalue weighted by molar-refractivity contribution is 7.99. The van der Waals surface area contributed by atoms with Gasteiger partial charge in [-0.1, -0.05) is 6.92 Å². The lowest BCUT2D eigenvalue weighted by Crippen LogP contribution is -2.49. The van der Waals surface area contributed by atoms with Crippen LogP contribution in [0.3, 0.4) is 0 Å². The van der Waals surface area contributed by atoms with Gasteiger partial charge in [0.05, 0.1) is 18.6 Å². The molecule has 0 atom stereocenters. The maximum absolute atomic E-state index is 13.3. The molecule has 1 fully saturated rings. The van der Waals surface area contributed by atoms with Gasteiger partial charge in [-0.3, -0.25) is 9.59 Å². The molecule has 3 aromatic heterocycles. The van der Waals surface area contributed by atoms with Gasteiger partial charge in [0.15, 0.2) is 0 Å². The fourth-order valence-corrected chi connectivity index (χ4v) is 4.86. The Kier molecular flexibility index (Phi) is 7.61. The maximum Gasteiger partial charge on any atom is 0.310 e. The van der Waals surface area contributed by atoms with Crippen molar-refractivity contribution in [2.45, 2.75) is 38.6 Å². The summed E-state index contributed by atoms with van der Waals surface area (Å²) in [5.74, 6) is 1.86. The molecule has 1 amide bonds. The van der Waals surface area contributed by atoms with Crippen LogP contribution in [0.1, 0.15) is 41.9 Å². The topological polar surface area (TPSA) is 106 Å². The van der Waals surface area contributed by atoms with E-state index in [4.69, 9.17) is 4.74 Å². The molecule has 0 bridgehead atoms. The third kappa shape index (κ3) is 4.98. The third-order valence-electron chi connectivity index (χ3n) is 5.64. The van der Waals surface area contributed by atoms with Crippen LogP contribution in [0.2, 0.25) is 0 Å². The first kappa shape index (κ1) is 23.9. The van der Waals surface area contributed by atoms with Crippen LogP contribution in [0, 0.1) is 6.92 Å². The molecule has 11 heteroatoms. The van der Waals surface area contributed by atoms with Gasteiger partial charge in [0, 0.05) is 43.6 Å². The smallest absolute Gasteiger partial charge is 0.310 e. The number of hydrogen-bond acceptors (Lipinski definition) is 9. The Hall–Kier alpha value is -3.21. The summed E-state index contributed by atoms with van der Waals surface area (Å²) in [6.07, 6.45) is 4.30. The first-order valence-electron chi connectivity index (χ1n) is 11.5. The number of aryl methyl sites for hydroxylation is 1. The highest BCUT2D eigenvalue weighted by Crippen LogP contribution is 2.27. The zero-order valence-electron chi connectivity index (χ0n) is 19.7. The summed E-state index contributed by atoms with van der Waals surface area (Å²) >= 11 is 1.61. The first-order valence-corrected chi connectivity index (χ1v) is 12.5. The van der Waals surface area contributed by atoms with Crippen LogP contribution in [0.15, 0.2) is 29.7 Å². The second-order valence-corrected chi connectivity index (χ2v) is 9.02. The molecule has 34 heavy (non-hydrogen) atoms. The second kappa shape index (κ2) is 10.8. The number of carbonyl (C=O) groups is 2. The molecule has 0 spiro atoms. The number of hydrogen-bond donors (Lipinski definition) is 0. The van der Waals surface area contributed by atoms with E-state index in [9.17, 15) is 9.59 Å². The molecule has 0 aromatic carbocycles. The Labute approximate surface area is 202 Å². The molecule has 1 saturated heterocycles. The summed E-state index contributed by atoms with van der Waals surface area (Å²) in [4.78, 5) is 42.8. The Morgan fingerprint density at radius 3 is 2.68 bits per heavy atom. The van der Waals surface area contributed by atoms with Gasteiger partial charge in [0.1, 0.15) is 17.2 Å². The van der Waals surface area contributed by atoms with E-state index in [1.165, 1.54) is 6.33 Å². The van der Waals surface area contributed by atoms with Gasteiger partial charge in [-0.2, -0.15) is 14.6 Å². The third-order valence-corrected chi connectivity index (χ3v) is 6.85. The van der Waals surface area contributed by atoms with E-state index in [1.807, 2.05) is 24.0 Å². The Morgan fingerprint density at radius 2 is 1.94 bits per heavy atom. The molecule has 4 heterocycles. The number of fused-ring (bicyclic) bond motifs is 1. The summed E-state index contributed by atoms with van der Waals surface area (Å²) in [7, 11) is 0. The van der Waals surface area contributed by atoms with E-state index in [2.05, 4.69) is 31.9 Å². The summed E-state index contributed by atoms with van der Waals surface area (Å²) < 4.78 is 6.85. The fraction of sp³-hybridized carbons (Fsp3) is 0.478. The number of thioether (sulfide) groups is 1. The lowest BCUT2D eigenvalue weighted by atomic mass is 10.1. The Bertz CT molecular complexity index is 1170. The number of aromatic nitrogens is 5. The van der Waals surface area contributed by atoms with Crippen molar-refractivity contribution in [1.82, 2.24) is 29.5 Å². The van der Waals surface area contributed by atoms with Crippen LogP contribution >= 0.6 is 11.8 Å². The van der Waals surface area contributed by atoms with E-state index in [0.29, 0.717) is 44.1 Å². The molecule has 10 nitrogen and oxygen atoms in total. The minimum absolute atomic E-state index is 0.00471. The minimum atomic E-state index is -0.310. The van der Waals surface area contributed by atoms with Crippen molar-refractivity contribution in [1.29, 1.82) is 0 Å². The number of ether oxygens (including phenoxy) is 1. The van der Waals surface area contributed by atoms with E-state index in [-0.39, 0.29) is 18.3 Å². The zero-order valence-corrected chi connectivity index (χ0v) is 20.5. The van der Waals surface area contributed by atoms with Gasteiger partial charge in [0.25, 0.3) is 11.7 Å². The van der Waals surface area contributed by atoms with Crippen molar-refractivity contribution in [3.05, 3.63) is 41.5 Å². The highest BCUT2D eigenvalue weighted by Gasteiger charge is 2.28. The molecular weight excluding hydrogens is 454 g/mol. The second-order valence-electron chi connectivity index (χ2n) is 7.94. The standard InChI is InChI=1S/C23H29N7O3S/c1-4-13-34-20-17(7-6-8-24-20)22(32)29-11-9-28(10-12-29)21-18(14-19(31)33-5-2)16(3)27-23-25-15-26-30(21)23/h6-8,15H,4-5,9-14H2,1-3H3. The van der Waals surface area contributed by atoms with Crippen LogP contribution in [0.5, 0.6) is 0 Å². The lowest BCUT2D eigenvalue weighted by Gasteiger charge is -2.37. The van der Waals surface area contributed by atoms with Gasteiger partial charge >= 0.3 is 5.97 Å². The Morgan fingerprint density at radius 1 is 1.15 bits per heavy atom. The van der Waals surface area contributed by atoms with E-state index in [1.54, 1.807) is 29.4 Å². The molecule has 0 unspecified atom stereocenters. The van der Waals surface area contributed by atoms with E-state index in [0.717, 1.165) is 34.3 Å². The van der Waals surface area contributed by atoms with Crippen molar-refractivity contribution in [3.8, 4) is 0 Å². The number of anilines is 1. The van der Waals surface area contributed by atoms with Crippen LogP contribution in [0.25, 0.3) is 5.78 Å². The zero-order chi connectivity index (χ0) is 24.1. The monoisotopic (exact) mass is 483 g/mol. The fourth-order valence-electron chi connectivity index (χ4n) is 4.02. The predicted molar refractivity (Wildman–Crippen MR) is 129 cm³/mol. The SMILES string of the molecule is CCCSc1ncccc1C(=O)N1CCN(c2c(CC(=O)OCC)c(C)nc3ncnn23)CC1. The molecule has 0 aliphatic carbocycles. The van der Waals surface area contributed by atoms with Crippen molar-refractivity contribution in [2.24, 2.45) is 0 Å². The molecule has 0 saturated carbocycles. The summed E-state index contributed by atoms with van der Waals surface area (Å²) in [6, 6.07) is 3.66. The van der Waals surface area contributed by atoms with Crippen LogP contribution < -0.4 is 4.90 Å². The van der Waals surface area contributed by atoms with E-state index >= 15 is 0 Å². The van der Waals surface area contributed by atoms with Gasteiger partial charge < -0.3 is 14.5 Å². The first-order chi connectivity index (χ1) is 16.5. The summed E-state index contributed by atoms with van der Waals surface area (Å²) in [5, 5.41) is 5.13. The molecule has 4 rings (SSSR count). The van der Waals surface area contributed by atoms with Crippen molar-refractivity contribution < 1.29 is 14.3 Å². The molecule has 1 aliphatic heterocycles. The summed E-state index contributed by atoms with van der Waals surface area (Å²) in [6.45, 7) is 8.36. The quantitative estimate of drug-likeness (QED) is 0.353. The number of amides is 1. The molecule has 180 valence electrons. The van der Waals surface area contributed by atoms with Crippen LogP contribution in [0.4, 0.5) is 5.82 Å². The number of piperazine rings is 1. The van der Waals surface area contributed by atoms with Gasteiger partial charge in [-0.15, -0.1) is 11.8 Å². The number of rotatable bonds is 8. The molecule has 1 aliphatic rings. The Balaban J connectivity index is 1.56. The predicted octanol–water partition coefficient (Wildman–Crippen LogP) is 2.40. The lowest BCUT2D eigenvalue weighted by molar-refractivity contribution is -0.142. The van der Waals surface area contributed by atoms with Gasteiger partial charge in [0.2, 0.25) is 0 Å². The summed E-state index contributed by atoms with van der Waals surface area (Å²) in [5.41, 5.74) is 2.13. The van der Waals surface area contributed by atoms with Gasteiger partial charge in [-0.25, -0.2) is 9.97 Å². The number of esters is 1. The average Bonchev–Trinajstić information content (AvgIpc) is 3.31.